The standard InChI is InChI=1S/C26H26N6O.C12H27N.C2H6/c1-6-17(2)15-29-32-11-9-22(10-12-32)33-24-8-7-21(13-19(24)4)31-26-25-23(27-16-28-26)14-18(3)20(5)30-25;1-5-8-12(7-3)13-10-9-11(4)6-2;1-2/h1,7-11,13-17H,12H2,2-5H3,(H,27,28,31);11-13H,5-10H2,1-4H3;1-2H3/b29-15-;;. The lowest BCUT2D eigenvalue weighted by Gasteiger charge is -2.19. The third kappa shape index (κ3) is 13.1. The lowest BCUT2D eigenvalue weighted by Crippen LogP contribution is -2.29. The minimum Gasteiger partial charge on any atom is -0.457 e. The quantitative estimate of drug-likeness (QED) is 0.132. The maximum absolute atomic E-state index is 6.08. The third-order valence-electron chi connectivity index (χ3n) is 8.21. The Balaban J connectivity index is 0.000000452. The van der Waals surface area contributed by atoms with Crippen LogP contribution in [0.5, 0.6) is 5.75 Å². The zero-order chi connectivity index (χ0) is 35.5. The van der Waals surface area contributed by atoms with Crippen LogP contribution < -0.4 is 15.4 Å². The number of aryl methyl sites for hydroxylation is 3. The van der Waals surface area contributed by atoms with E-state index in [1.165, 1.54) is 38.6 Å². The van der Waals surface area contributed by atoms with Gasteiger partial charge >= 0.3 is 0 Å². The van der Waals surface area contributed by atoms with Crippen molar-refractivity contribution < 1.29 is 4.74 Å². The van der Waals surface area contributed by atoms with Gasteiger partial charge in [-0.2, -0.15) is 5.10 Å². The fourth-order valence-corrected chi connectivity index (χ4v) is 4.77. The van der Waals surface area contributed by atoms with Gasteiger partial charge in [-0.3, -0.25) is 5.01 Å². The summed E-state index contributed by atoms with van der Waals surface area (Å²) in [6.07, 6.45) is 21.0. The summed E-state index contributed by atoms with van der Waals surface area (Å²) in [5.41, 5.74) is 5.53. The van der Waals surface area contributed by atoms with Gasteiger partial charge in [-0.1, -0.05) is 60.3 Å². The van der Waals surface area contributed by atoms with Gasteiger partial charge in [-0.25, -0.2) is 15.0 Å². The SMILES string of the molecule is C#CC(C)/C=N\N1C=CC(Oc2ccc(Nc3ncnc4cc(C)c(C)nc34)cc2C)=CC1.CC.CCCC(CC)NCCC(C)CC. The van der Waals surface area contributed by atoms with Gasteiger partial charge in [0.1, 0.15) is 23.4 Å². The number of hydrogen-bond donors (Lipinski definition) is 2. The second kappa shape index (κ2) is 21.6. The molecule has 0 fully saturated rings. The van der Waals surface area contributed by atoms with Crippen molar-refractivity contribution in [3.63, 3.8) is 0 Å². The number of nitrogens with zero attached hydrogens (tertiary/aromatic N) is 5. The van der Waals surface area contributed by atoms with Gasteiger partial charge < -0.3 is 15.4 Å². The minimum atomic E-state index is -0.000871. The molecule has 260 valence electrons. The molecule has 0 saturated heterocycles. The van der Waals surface area contributed by atoms with Crippen molar-refractivity contribution in [3.05, 3.63) is 71.5 Å². The maximum Gasteiger partial charge on any atom is 0.160 e. The van der Waals surface area contributed by atoms with Crippen LogP contribution in [0.25, 0.3) is 11.0 Å². The Morgan fingerprint density at radius 1 is 1.04 bits per heavy atom. The van der Waals surface area contributed by atoms with Crippen LogP contribution in [0.15, 0.2) is 59.8 Å². The number of fused-ring (bicyclic) bond motifs is 1. The number of ether oxygens (including phenoxy) is 1. The second-order valence-corrected chi connectivity index (χ2v) is 12.1. The predicted octanol–water partition coefficient (Wildman–Crippen LogP) is 9.66. The monoisotopic (exact) mass is 653 g/mol. The predicted molar refractivity (Wildman–Crippen MR) is 205 cm³/mol. The number of nitrogens with one attached hydrogen (secondary N) is 2. The molecule has 0 aliphatic carbocycles. The zero-order valence-electron chi connectivity index (χ0n) is 31.1. The Hall–Kier alpha value is -4.22. The number of benzene rings is 1. The molecule has 0 radical (unpaired) electrons. The van der Waals surface area contributed by atoms with E-state index in [-0.39, 0.29) is 5.92 Å². The Bertz CT molecular complexity index is 1540. The first-order valence-corrected chi connectivity index (χ1v) is 17.7. The van der Waals surface area contributed by atoms with E-state index in [1.54, 1.807) is 12.5 Å². The van der Waals surface area contributed by atoms with Crippen LogP contribution in [0, 0.1) is 45.0 Å². The summed E-state index contributed by atoms with van der Waals surface area (Å²) in [6, 6.07) is 8.71. The van der Waals surface area contributed by atoms with Crippen molar-refractivity contribution in [2.24, 2.45) is 16.9 Å². The molecular formula is C40H59N7O. The van der Waals surface area contributed by atoms with E-state index in [4.69, 9.17) is 11.2 Å². The molecule has 3 aromatic rings. The van der Waals surface area contributed by atoms with Crippen LogP contribution in [0.2, 0.25) is 0 Å². The van der Waals surface area contributed by atoms with Crippen LogP contribution in [0.4, 0.5) is 11.5 Å². The molecule has 4 rings (SSSR count). The molecule has 2 aromatic heterocycles. The van der Waals surface area contributed by atoms with E-state index in [0.29, 0.717) is 12.4 Å². The average Bonchev–Trinajstić information content (AvgIpc) is 3.10. The topological polar surface area (TPSA) is 87.6 Å². The molecule has 1 aliphatic heterocycles. The number of hydrazone groups is 1. The molecule has 0 amide bonds. The largest absolute Gasteiger partial charge is 0.457 e. The van der Waals surface area contributed by atoms with Crippen molar-refractivity contribution in [2.45, 2.75) is 107 Å². The van der Waals surface area contributed by atoms with Crippen LogP contribution in [0.1, 0.15) is 97.4 Å². The number of allylic oxidation sites excluding steroid dienone is 1. The van der Waals surface area contributed by atoms with Crippen molar-refractivity contribution in [1.82, 2.24) is 25.3 Å². The summed E-state index contributed by atoms with van der Waals surface area (Å²) < 4.78 is 6.08. The summed E-state index contributed by atoms with van der Waals surface area (Å²) in [6.45, 7) is 22.9. The first-order valence-electron chi connectivity index (χ1n) is 17.7. The normalized spacial score (nSPS) is 14.2. The molecule has 3 heterocycles. The summed E-state index contributed by atoms with van der Waals surface area (Å²) in [4.78, 5) is 13.4. The van der Waals surface area contributed by atoms with Gasteiger partial charge in [0, 0.05) is 29.8 Å². The van der Waals surface area contributed by atoms with Crippen molar-refractivity contribution in [3.8, 4) is 18.1 Å². The van der Waals surface area contributed by atoms with E-state index in [1.807, 2.05) is 89.2 Å². The first kappa shape index (κ1) is 40.0. The number of pyridine rings is 1. The summed E-state index contributed by atoms with van der Waals surface area (Å²) >= 11 is 0. The molecule has 0 saturated carbocycles. The molecule has 3 unspecified atom stereocenters. The Morgan fingerprint density at radius 2 is 1.81 bits per heavy atom. The van der Waals surface area contributed by atoms with E-state index >= 15 is 0 Å². The van der Waals surface area contributed by atoms with Gasteiger partial charge in [0.2, 0.25) is 0 Å². The lowest BCUT2D eigenvalue weighted by atomic mass is 10.0. The van der Waals surface area contributed by atoms with Gasteiger partial charge in [0.15, 0.2) is 5.82 Å². The summed E-state index contributed by atoms with van der Waals surface area (Å²) in [5.74, 6) is 5.74. The number of aromatic nitrogens is 3. The van der Waals surface area contributed by atoms with E-state index in [9.17, 15) is 0 Å². The molecular weight excluding hydrogens is 594 g/mol. The highest BCUT2D eigenvalue weighted by molar-refractivity contribution is 5.87. The smallest absolute Gasteiger partial charge is 0.160 e. The summed E-state index contributed by atoms with van der Waals surface area (Å²) in [5, 5.41) is 13.2. The number of rotatable bonds is 14. The van der Waals surface area contributed by atoms with Gasteiger partial charge in [-0.15, -0.1) is 6.42 Å². The highest BCUT2D eigenvalue weighted by atomic mass is 16.5. The van der Waals surface area contributed by atoms with Gasteiger partial charge in [0.25, 0.3) is 0 Å². The van der Waals surface area contributed by atoms with Gasteiger partial charge in [-0.05, 0) is 107 Å². The molecule has 3 atom stereocenters. The lowest BCUT2D eigenvalue weighted by molar-refractivity contribution is 0.393. The molecule has 0 bridgehead atoms. The average molecular weight is 654 g/mol. The summed E-state index contributed by atoms with van der Waals surface area (Å²) in [7, 11) is 0. The molecule has 1 aliphatic rings. The molecule has 8 heteroatoms. The third-order valence-corrected chi connectivity index (χ3v) is 8.21. The maximum atomic E-state index is 6.08. The second-order valence-electron chi connectivity index (χ2n) is 12.1. The van der Waals surface area contributed by atoms with Crippen LogP contribution in [-0.2, 0) is 0 Å². The fourth-order valence-electron chi connectivity index (χ4n) is 4.77. The molecule has 2 N–H and O–H groups in total. The van der Waals surface area contributed by atoms with Crippen molar-refractivity contribution in [2.75, 3.05) is 18.4 Å². The Morgan fingerprint density at radius 3 is 2.44 bits per heavy atom. The van der Waals surface area contributed by atoms with Crippen molar-refractivity contribution >= 4 is 28.8 Å². The highest BCUT2D eigenvalue weighted by Gasteiger charge is 2.11. The molecule has 8 nitrogen and oxygen atoms in total. The minimum absolute atomic E-state index is 0.000871. The fraction of sp³-hybridized carbons (Fsp3) is 0.500. The van der Waals surface area contributed by atoms with Crippen LogP contribution in [0.3, 0.4) is 0 Å². The van der Waals surface area contributed by atoms with Crippen LogP contribution >= 0.6 is 0 Å². The van der Waals surface area contributed by atoms with Crippen molar-refractivity contribution in [1.29, 1.82) is 0 Å². The highest BCUT2D eigenvalue weighted by Crippen LogP contribution is 2.28. The molecule has 0 spiro atoms. The van der Waals surface area contributed by atoms with E-state index < -0.39 is 0 Å². The Labute approximate surface area is 290 Å². The van der Waals surface area contributed by atoms with Crippen LogP contribution in [-0.4, -0.2) is 45.3 Å². The number of terminal acetylenes is 1. The van der Waals surface area contributed by atoms with Gasteiger partial charge in [0.05, 0.1) is 18.0 Å². The van der Waals surface area contributed by atoms with E-state index in [2.05, 4.69) is 64.3 Å². The number of anilines is 2. The zero-order valence-corrected chi connectivity index (χ0v) is 31.1. The molecule has 48 heavy (non-hydrogen) atoms. The number of hydrogen-bond acceptors (Lipinski definition) is 8. The first-order chi connectivity index (χ1) is 23.2. The molecule has 1 aromatic carbocycles. The Kier molecular flexibility index (Phi) is 18.0. The van der Waals surface area contributed by atoms with E-state index in [0.717, 1.165) is 57.0 Å².